The van der Waals surface area contributed by atoms with Gasteiger partial charge in [-0.2, -0.15) is 0 Å². The summed E-state index contributed by atoms with van der Waals surface area (Å²) in [6.07, 6.45) is 0.993. The molecule has 3 N–H and O–H groups in total. The predicted octanol–water partition coefficient (Wildman–Crippen LogP) is 1.67. The topological polar surface area (TPSA) is 41.3 Å². The molecule has 0 bridgehead atoms. The Balaban J connectivity index is 2.92. The molecule has 0 aliphatic carbocycles. The molecule has 1 atom stereocenters. The fourth-order valence-corrected chi connectivity index (χ4v) is 1.47. The quantitative estimate of drug-likeness (QED) is 0.564. The maximum absolute atomic E-state index is 5.48. The standard InChI is InChI=1S/C11H19N3/c1-4-11(13-12)9-6-5-7-10(8-9)14(2)3/h5-8,11,13H,4,12H2,1-3H3. The van der Waals surface area contributed by atoms with E-state index in [0.29, 0.717) is 0 Å². The third kappa shape index (κ3) is 2.47. The number of benzene rings is 1. The normalized spacial score (nSPS) is 12.6. The molecule has 1 unspecified atom stereocenters. The van der Waals surface area contributed by atoms with Crippen molar-refractivity contribution >= 4 is 5.69 Å². The number of nitrogens with zero attached hydrogens (tertiary/aromatic N) is 1. The number of hydrogen-bond acceptors (Lipinski definition) is 3. The summed E-state index contributed by atoms with van der Waals surface area (Å²) < 4.78 is 0. The van der Waals surface area contributed by atoms with Crippen LogP contribution in [0.5, 0.6) is 0 Å². The van der Waals surface area contributed by atoms with Gasteiger partial charge in [-0.3, -0.25) is 11.3 Å². The minimum atomic E-state index is 0.245. The molecule has 0 heterocycles. The molecule has 3 heteroatoms. The number of nitrogens with one attached hydrogen (secondary N) is 1. The van der Waals surface area contributed by atoms with Gasteiger partial charge in [-0.15, -0.1) is 0 Å². The smallest absolute Gasteiger partial charge is 0.0458 e. The molecular formula is C11H19N3. The van der Waals surface area contributed by atoms with Crippen molar-refractivity contribution in [1.29, 1.82) is 0 Å². The lowest BCUT2D eigenvalue weighted by Gasteiger charge is -2.18. The molecule has 0 radical (unpaired) electrons. The summed E-state index contributed by atoms with van der Waals surface area (Å²) in [5.74, 6) is 5.48. The zero-order chi connectivity index (χ0) is 10.6. The van der Waals surface area contributed by atoms with Crippen LogP contribution in [-0.2, 0) is 0 Å². The molecule has 0 amide bonds. The summed E-state index contributed by atoms with van der Waals surface area (Å²) in [5, 5.41) is 0. The lowest BCUT2D eigenvalue weighted by molar-refractivity contribution is 0.539. The van der Waals surface area contributed by atoms with Gasteiger partial charge in [0.25, 0.3) is 0 Å². The van der Waals surface area contributed by atoms with Crippen LogP contribution in [0.15, 0.2) is 24.3 Å². The number of hydrogen-bond donors (Lipinski definition) is 2. The fraction of sp³-hybridized carbons (Fsp3) is 0.455. The van der Waals surface area contributed by atoms with Gasteiger partial charge in [-0.05, 0) is 24.1 Å². The SMILES string of the molecule is CCC(NN)c1cccc(N(C)C)c1. The Morgan fingerprint density at radius 2 is 2.14 bits per heavy atom. The van der Waals surface area contributed by atoms with Crippen LogP contribution < -0.4 is 16.2 Å². The van der Waals surface area contributed by atoms with E-state index in [1.54, 1.807) is 0 Å². The highest BCUT2D eigenvalue weighted by molar-refractivity contribution is 5.47. The predicted molar refractivity (Wildman–Crippen MR) is 61.1 cm³/mol. The van der Waals surface area contributed by atoms with Gasteiger partial charge in [-0.1, -0.05) is 19.1 Å². The molecule has 0 fully saturated rings. The first-order chi connectivity index (χ1) is 6.69. The van der Waals surface area contributed by atoms with Crippen LogP contribution in [0.2, 0.25) is 0 Å². The first-order valence-electron chi connectivity index (χ1n) is 4.92. The highest BCUT2D eigenvalue weighted by Gasteiger charge is 2.07. The zero-order valence-electron chi connectivity index (χ0n) is 9.12. The van der Waals surface area contributed by atoms with E-state index in [9.17, 15) is 0 Å². The third-order valence-corrected chi connectivity index (χ3v) is 2.40. The number of nitrogens with two attached hydrogens (primary N) is 1. The van der Waals surface area contributed by atoms with Crippen molar-refractivity contribution in [1.82, 2.24) is 5.43 Å². The molecule has 0 aliphatic heterocycles. The monoisotopic (exact) mass is 193 g/mol. The van der Waals surface area contributed by atoms with E-state index in [0.717, 1.165) is 6.42 Å². The van der Waals surface area contributed by atoms with Crippen LogP contribution in [0.4, 0.5) is 5.69 Å². The average Bonchev–Trinajstić information content (AvgIpc) is 2.20. The maximum Gasteiger partial charge on any atom is 0.0458 e. The average molecular weight is 193 g/mol. The van der Waals surface area contributed by atoms with Crippen molar-refractivity contribution in [3.63, 3.8) is 0 Å². The second-order valence-corrected chi connectivity index (χ2v) is 3.62. The molecule has 0 aliphatic rings. The number of anilines is 1. The Labute approximate surface area is 85.9 Å². The van der Waals surface area contributed by atoms with Crippen LogP contribution in [0.1, 0.15) is 24.9 Å². The van der Waals surface area contributed by atoms with E-state index in [1.807, 2.05) is 14.1 Å². The van der Waals surface area contributed by atoms with Gasteiger partial charge in [0.05, 0.1) is 0 Å². The van der Waals surface area contributed by atoms with Crippen molar-refractivity contribution in [2.45, 2.75) is 19.4 Å². The summed E-state index contributed by atoms with van der Waals surface area (Å²) in [6.45, 7) is 2.12. The molecule has 14 heavy (non-hydrogen) atoms. The maximum atomic E-state index is 5.48. The molecule has 0 saturated heterocycles. The van der Waals surface area contributed by atoms with Crippen molar-refractivity contribution in [3.8, 4) is 0 Å². The molecule has 1 rings (SSSR count). The summed E-state index contributed by atoms with van der Waals surface area (Å²) in [6, 6.07) is 8.65. The lowest BCUT2D eigenvalue weighted by atomic mass is 10.0. The lowest BCUT2D eigenvalue weighted by Crippen LogP contribution is -2.27. The van der Waals surface area contributed by atoms with Gasteiger partial charge in [0.15, 0.2) is 0 Å². The van der Waals surface area contributed by atoms with E-state index >= 15 is 0 Å². The molecule has 78 valence electrons. The Morgan fingerprint density at radius 1 is 1.43 bits per heavy atom. The van der Waals surface area contributed by atoms with Crippen LogP contribution in [0.3, 0.4) is 0 Å². The summed E-state index contributed by atoms with van der Waals surface area (Å²) >= 11 is 0. The summed E-state index contributed by atoms with van der Waals surface area (Å²) in [7, 11) is 4.08. The van der Waals surface area contributed by atoms with E-state index < -0.39 is 0 Å². The largest absolute Gasteiger partial charge is 0.378 e. The summed E-state index contributed by atoms with van der Waals surface area (Å²) in [5.41, 5.74) is 5.26. The van der Waals surface area contributed by atoms with E-state index in [-0.39, 0.29) is 6.04 Å². The molecule has 1 aromatic carbocycles. The van der Waals surface area contributed by atoms with Gasteiger partial charge in [0.1, 0.15) is 0 Å². The first-order valence-corrected chi connectivity index (χ1v) is 4.92. The first kappa shape index (κ1) is 11.0. The third-order valence-electron chi connectivity index (χ3n) is 2.40. The molecule has 1 aromatic rings. The van der Waals surface area contributed by atoms with Crippen LogP contribution in [0, 0.1) is 0 Å². The highest BCUT2D eigenvalue weighted by atomic mass is 15.2. The van der Waals surface area contributed by atoms with Crippen molar-refractivity contribution in [2.75, 3.05) is 19.0 Å². The van der Waals surface area contributed by atoms with E-state index in [1.165, 1.54) is 11.3 Å². The Morgan fingerprint density at radius 3 is 2.64 bits per heavy atom. The molecule has 3 nitrogen and oxygen atoms in total. The van der Waals surface area contributed by atoms with Crippen LogP contribution in [-0.4, -0.2) is 14.1 Å². The van der Waals surface area contributed by atoms with Gasteiger partial charge in [-0.25, -0.2) is 0 Å². The molecule has 0 spiro atoms. The Hall–Kier alpha value is -1.06. The van der Waals surface area contributed by atoms with E-state index in [4.69, 9.17) is 5.84 Å². The summed E-state index contributed by atoms with van der Waals surface area (Å²) in [4.78, 5) is 2.09. The van der Waals surface area contributed by atoms with Gasteiger partial charge >= 0.3 is 0 Å². The fourth-order valence-electron chi connectivity index (χ4n) is 1.47. The second kappa shape index (κ2) is 4.98. The second-order valence-electron chi connectivity index (χ2n) is 3.62. The Kier molecular flexibility index (Phi) is 3.92. The molecular weight excluding hydrogens is 174 g/mol. The number of hydrazine groups is 1. The van der Waals surface area contributed by atoms with Crippen LogP contribution in [0.25, 0.3) is 0 Å². The van der Waals surface area contributed by atoms with Crippen molar-refractivity contribution in [2.24, 2.45) is 5.84 Å². The van der Waals surface area contributed by atoms with Crippen LogP contribution >= 0.6 is 0 Å². The van der Waals surface area contributed by atoms with Crippen molar-refractivity contribution < 1.29 is 0 Å². The number of rotatable bonds is 4. The Bertz CT molecular complexity index is 280. The van der Waals surface area contributed by atoms with Gasteiger partial charge in [0.2, 0.25) is 0 Å². The molecule has 0 aromatic heterocycles. The molecule has 0 saturated carbocycles. The minimum absolute atomic E-state index is 0.245. The van der Waals surface area contributed by atoms with Gasteiger partial charge < -0.3 is 4.90 Å². The van der Waals surface area contributed by atoms with E-state index in [2.05, 4.69) is 41.5 Å². The zero-order valence-corrected chi connectivity index (χ0v) is 9.12. The van der Waals surface area contributed by atoms with Crippen molar-refractivity contribution in [3.05, 3.63) is 29.8 Å². The highest BCUT2D eigenvalue weighted by Crippen LogP contribution is 2.20. The van der Waals surface area contributed by atoms with Gasteiger partial charge in [0, 0.05) is 25.8 Å². The minimum Gasteiger partial charge on any atom is -0.378 e.